The van der Waals surface area contributed by atoms with Gasteiger partial charge < -0.3 is 4.74 Å². The zero-order valence-corrected chi connectivity index (χ0v) is 20.5. The molecule has 1 heterocycles. The predicted octanol–water partition coefficient (Wildman–Crippen LogP) is 6.09. The quantitative estimate of drug-likeness (QED) is 0.222. The van der Waals surface area contributed by atoms with Gasteiger partial charge in [-0.1, -0.05) is 61.2 Å². The zero-order chi connectivity index (χ0) is 19.4. The topological polar surface area (TPSA) is 29.5 Å². The van der Waals surface area contributed by atoms with Crippen molar-refractivity contribution in [3.63, 3.8) is 0 Å². The molecule has 7 heteroatoms. The van der Waals surface area contributed by atoms with Gasteiger partial charge in [0.15, 0.2) is 0 Å². The van der Waals surface area contributed by atoms with Crippen LogP contribution < -0.4 is 4.74 Å². The van der Waals surface area contributed by atoms with Gasteiger partial charge in [-0.25, -0.2) is 0 Å². The number of nitrogens with zero attached hydrogens (tertiary/aromatic N) is 1. The normalized spacial score (nSPS) is 15.7. The standard InChI is InChI=1S/C20H17I2NO2S2/c1-2-8-23-19(24)17(27-20(23)26)10-14-9-15(21)11-16(22)18(14)25-12-13-6-4-3-5-7-13/h3-7,9-11H,2,8,12H2,1H3/b17-10-. The molecule has 3 nitrogen and oxygen atoms in total. The summed E-state index contributed by atoms with van der Waals surface area (Å²) in [4.78, 5) is 15.0. The van der Waals surface area contributed by atoms with Crippen LogP contribution in [0.1, 0.15) is 24.5 Å². The summed E-state index contributed by atoms with van der Waals surface area (Å²) in [5.41, 5.74) is 2.01. The number of rotatable bonds is 6. The van der Waals surface area contributed by atoms with Gasteiger partial charge in [-0.3, -0.25) is 9.69 Å². The lowest BCUT2D eigenvalue weighted by Crippen LogP contribution is -2.28. The van der Waals surface area contributed by atoms with E-state index < -0.39 is 0 Å². The van der Waals surface area contributed by atoms with Crippen LogP contribution in [0.5, 0.6) is 5.75 Å². The van der Waals surface area contributed by atoms with Crippen LogP contribution in [0.4, 0.5) is 0 Å². The number of carbonyl (C=O) groups is 1. The minimum Gasteiger partial charge on any atom is -0.487 e. The predicted molar refractivity (Wildman–Crippen MR) is 133 cm³/mol. The number of halogens is 2. The maximum Gasteiger partial charge on any atom is 0.266 e. The Morgan fingerprint density at radius 3 is 2.67 bits per heavy atom. The number of amides is 1. The highest BCUT2D eigenvalue weighted by molar-refractivity contribution is 14.1. The molecule has 1 fully saturated rings. The Kier molecular flexibility index (Phi) is 7.57. The molecule has 1 aliphatic heterocycles. The number of ether oxygens (including phenoxy) is 1. The van der Waals surface area contributed by atoms with E-state index in [-0.39, 0.29) is 5.91 Å². The van der Waals surface area contributed by atoms with Gasteiger partial charge in [-0.15, -0.1) is 0 Å². The largest absolute Gasteiger partial charge is 0.487 e. The molecule has 0 radical (unpaired) electrons. The number of carbonyl (C=O) groups excluding carboxylic acids is 1. The van der Waals surface area contributed by atoms with Crippen molar-refractivity contribution in [1.82, 2.24) is 4.90 Å². The maximum absolute atomic E-state index is 12.7. The third-order valence-corrected chi connectivity index (χ3v) is 6.67. The van der Waals surface area contributed by atoms with Crippen LogP contribution in [0.25, 0.3) is 6.08 Å². The van der Waals surface area contributed by atoms with Crippen molar-refractivity contribution in [3.05, 3.63) is 65.6 Å². The molecule has 2 aromatic carbocycles. The molecule has 1 amide bonds. The molecule has 0 saturated carbocycles. The summed E-state index contributed by atoms with van der Waals surface area (Å²) in [5.74, 6) is 0.773. The van der Waals surface area contributed by atoms with Crippen LogP contribution in [0.2, 0.25) is 0 Å². The molecule has 0 unspecified atom stereocenters. The fourth-order valence-electron chi connectivity index (χ4n) is 2.63. The van der Waals surface area contributed by atoms with Gasteiger partial charge in [0, 0.05) is 15.7 Å². The highest BCUT2D eigenvalue weighted by atomic mass is 127. The third-order valence-electron chi connectivity index (χ3n) is 3.87. The molecular formula is C20H17I2NO2S2. The van der Waals surface area contributed by atoms with Gasteiger partial charge in [0.25, 0.3) is 5.91 Å². The number of thioether (sulfide) groups is 1. The van der Waals surface area contributed by atoms with Crippen molar-refractivity contribution in [1.29, 1.82) is 0 Å². The lowest BCUT2D eigenvalue weighted by Gasteiger charge is -2.13. The Bertz CT molecular complexity index is 900. The highest BCUT2D eigenvalue weighted by Crippen LogP contribution is 2.36. The minimum absolute atomic E-state index is 0.0188. The van der Waals surface area contributed by atoms with Gasteiger partial charge in [0.05, 0.1) is 8.48 Å². The van der Waals surface area contributed by atoms with Crippen LogP contribution in [0.15, 0.2) is 47.4 Å². The lowest BCUT2D eigenvalue weighted by atomic mass is 10.1. The Morgan fingerprint density at radius 1 is 1.22 bits per heavy atom. The van der Waals surface area contributed by atoms with E-state index >= 15 is 0 Å². The van der Waals surface area contributed by atoms with E-state index in [1.165, 1.54) is 11.8 Å². The first kappa shape index (κ1) is 21.1. The van der Waals surface area contributed by atoms with Crippen molar-refractivity contribution in [2.24, 2.45) is 0 Å². The second-order valence-electron chi connectivity index (χ2n) is 5.91. The van der Waals surface area contributed by atoms with Crippen molar-refractivity contribution in [2.45, 2.75) is 20.0 Å². The summed E-state index contributed by atoms with van der Waals surface area (Å²) in [6, 6.07) is 14.2. The minimum atomic E-state index is -0.0188. The summed E-state index contributed by atoms with van der Waals surface area (Å²) in [6.45, 7) is 3.18. The van der Waals surface area contributed by atoms with E-state index in [1.807, 2.05) is 49.4 Å². The second-order valence-corrected chi connectivity index (χ2v) is 10.00. The Morgan fingerprint density at radius 2 is 1.96 bits per heavy atom. The molecule has 1 saturated heterocycles. The summed E-state index contributed by atoms with van der Waals surface area (Å²) >= 11 is 11.3. The fourth-order valence-corrected chi connectivity index (χ4v) is 5.97. The first-order valence-electron chi connectivity index (χ1n) is 8.40. The number of benzene rings is 2. The molecule has 0 N–H and O–H groups in total. The first-order valence-corrected chi connectivity index (χ1v) is 11.8. The van der Waals surface area contributed by atoms with E-state index in [0.717, 1.165) is 30.4 Å². The summed E-state index contributed by atoms with van der Waals surface area (Å²) in [7, 11) is 0. The Hall–Kier alpha value is -0.650. The molecule has 0 atom stereocenters. The van der Waals surface area contributed by atoms with Crippen LogP contribution in [-0.2, 0) is 11.4 Å². The molecule has 27 heavy (non-hydrogen) atoms. The molecule has 2 aromatic rings. The van der Waals surface area contributed by atoms with Crippen molar-refractivity contribution < 1.29 is 9.53 Å². The van der Waals surface area contributed by atoms with E-state index in [2.05, 4.69) is 51.2 Å². The van der Waals surface area contributed by atoms with Gasteiger partial charge in [-0.2, -0.15) is 0 Å². The number of thiocarbonyl (C=S) groups is 1. The molecule has 1 aliphatic rings. The maximum atomic E-state index is 12.7. The van der Waals surface area contributed by atoms with Crippen LogP contribution >= 0.6 is 69.2 Å². The van der Waals surface area contributed by atoms with Gasteiger partial charge in [0.1, 0.15) is 16.7 Å². The Labute approximate surface area is 196 Å². The molecule has 0 aliphatic carbocycles. The van der Waals surface area contributed by atoms with Crippen LogP contribution in [0.3, 0.4) is 0 Å². The summed E-state index contributed by atoms with van der Waals surface area (Å²) < 4.78 is 8.87. The average molecular weight is 621 g/mol. The smallest absolute Gasteiger partial charge is 0.266 e. The van der Waals surface area contributed by atoms with Crippen molar-refractivity contribution in [2.75, 3.05) is 6.54 Å². The first-order chi connectivity index (χ1) is 13.0. The van der Waals surface area contributed by atoms with E-state index in [4.69, 9.17) is 17.0 Å². The number of hydrogen-bond acceptors (Lipinski definition) is 4. The molecule has 0 aromatic heterocycles. The molecule has 0 spiro atoms. The molecular weight excluding hydrogens is 604 g/mol. The average Bonchev–Trinajstić information content (AvgIpc) is 2.89. The Balaban J connectivity index is 1.91. The van der Waals surface area contributed by atoms with Crippen molar-refractivity contribution >= 4 is 85.5 Å². The summed E-state index contributed by atoms with van der Waals surface area (Å²) in [5, 5.41) is 0. The molecule has 140 valence electrons. The van der Waals surface area contributed by atoms with E-state index in [1.54, 1.807) is 4.90 Å². The van der Waals surface area contributed by atoms with Gasteiger partial charge in [0.2, 0.25) is 0 Å². The van der Waals surface area contributed by atoms with Gasteiger partial charge >= 0.3 is 0 Å². The molecule has 0 bridgehead atoms. The number of hydrogen-bond donors (Lipinski definition) is 0. The van der Waals surface area contributed by atoms with Crippen LogP contribution in [-0.4, -0.2) is 21.7 Å². The molecule has 3 rings (SSSR count). The zero-order valence-electron chi connectivity index (χ0n) is 14.6. The fraction of sp³-hybridized carbons (Fsp3) is 0.200. The monoisotopic (exact) mass is 621 g/mol. The lowest BCUT2D eigenvalue weighted by molar-refractivity contribution is -0.122. The highest BCUT2D eigenvalue weighted by Gasteiger charge is 2.31. The van der Waals surface area contributed by atoms with E-state index in [0.29, 0.717) is 22.4 Å². The van der Waals surface area contributed by atoms with Crippen LogP contribution in [0, 0.1) is 7.14 Å². The van der Waals surface area contributed by atoms with Crippen molar-refractivity contribution in [3.8, 4) is 5.75 Å². The SMILES string of the molecule is CCCN1C(=O)/C(=C/c2cc(I)cc(I)c2OCc2ccccc2)SC1=S. The van der Waals surface area contributed by atoms with Gasteiger partial charge in [-0.05, 0) is 75.4 Å². The summed E-state index contributed by atoms with van der Waals surface area (Å²) in [6.07, 6.45) is 2.78. The second kappa shape index (κ2) is 9.71. The third kappa shape index (κ3) is 5.24. The van der Waals surface area contributed by atoms with E-state index in [9.17, 15) is 4.79 Å².